The predicted molar refractivity (Wildman–Crippen MR) is 109 cm³/mol. The maximum Gasteiger partial charge on any atom is 0.486 e. The molecule has 3 saturated heterocycles. The molecular formula is C23H24F3N3O3. The van der Waals surface area contributed by atoms with Crippen LogP contribution in [0.15, 0.2) is 48.5 Å². The number of nitrogens with one attached hydrogen (secondary N) is 1. The van der Waals surface area contributed by atoms with Gasteiger partial charge in [0.25, 0.3) is 0 Å². The predicted octanol–water partition coefficient (Wildman–Crippen LogP) is 2.57. The lowest BCUT2D eigenvalue weighted by Gasteiger charge is -2.51. The Morgan fingerprint density at radius 3 is 2.66 bits per heavy atom. The van der Waals surface area contributed by atoms with Gasteiger partial charge in [-0.15, -0.1) is 8.78 Å². The number of fused-ring (bicyclic) bond motifs is 1. The van der Waals surface area contributed by atoms with E-state index in [2.05, 4.69) is 10.1 Å². The second-order valence-electron chi connectivity index (χ2n) is 8.57. The van der Waals surface area contributed by atoms with Gasteiger partial charge in [0.05, 0.1) is 24.9 Å². The zero-order valence-electron chi connectivity index (χ0n) is 17.6. The third-order valence-electron chi connectivity index (χ3n) is 6.53. The van der Waals surface area contributed by atoms with Crippen LogP contribution >= 0.6 is 0 Å². The minimum atomic E-state index is -3.74. The van der Waals surface area contributed by atoms with E-state index in [4.69, 9.17) is 4.74 Å². The van der Waals surface area contributed by atoms with Crippen molar-refractivity contribution in [3.8, 4) is 0 Å². The molecule has 6 nitrogen and oxygen atoms in total. The first-order valence-electron chi connectivity index (χ1n) is 10.6. The van der Waals surface area contributed by atoms with E-state index in [0.717, 1.165) is 5.56 Å². The zero-order valence-corrected chi connectivity index (χ0v) is 17.6. The summed E-state index contributed by atoms with van der Waals surface area (Å²) in [5, 5.41) is 3.29. The van der Waals surface area contributed by atoms with Crippen molar-refractivity contribution in [2.24, 2.45) is 0 Å². The number of carbonyl (C=O) groups is 1. The molecule has 0 spiro atoms. The summed E-state index contributed by atoms with van der Waals surface area (Å²) < 4.78 is 52.0. The number of hydrogen-bond acceptors (Lipinski definition) is 5. The standard InChI is InChI=1S/C23H24F3N3O3/c1-15-7-17(9-18(24)8-15)22(19-13-31-23(25,26)32-19)14-27-10-20-28(21(30)12-29(20)22)11-16-5-3-2-4-6-16/h2-9,19-20,27H,10-14H2,1H3. The van der Waals surface area contributed by atoms with E-state index >= 15 is 0 Å². The first kappa shape index (κ1) is 21.4. The van der Waals surface area contributed by atoms with Crippen molar-refractivity contribution in [1.29, 1.82) is 0 Å². The number of benzene rings is 2. The molecule has 2 aromatic carbocycles. The smallest absolute Gasteiger partial charge is 0.320 e. The highest BCUT2D eigenvalue weighted by molar-refractivity contribution is 5.81. The highest BCUT2D eigenvalue weighted by Crippen LogP contribution is 2.45. The fourth-order valence-corrected chi connectivity index (χ4v) is 5.15. The Hall–Kier alpha value is -2.46. The summed E-state index contributed by atoms with van der Waals surface area (Å²) in [6.07, 6.45) is -5.24. The highest BCUT2D eigenvalue weighted by Gasteiger charge is 2.61. The van der Waals surface area contributed by atoms with E-state index in [-0.39, 0.29) is 25.6 Å². The van der Waals surface area contributed by atoms with Crippen LogP contribution in [0.1, 0.15) is 16.7 Å². The van der Waals surface area contributed by atoms with Crippen molar-refractivity contribution in [2.45, 2.75) is 37.6 Å². The molecule has 5 rings (SSSR count). The summed E-state index contributed by atoms with van der Waals surface area (Å²) in [7, 11) is 0. The van der Waals surface area contributed by atoms with Crippen LogP contribution in [0.3, 0.4) is 0 Å². The summed E-state index contributed by atoms with van der Waals surface area (Å²) in [6, 6.07) is 14.0. The number of piperazine rings is 1. The monoisotopic (exact) mass is 447 g/mol. The third-order valence-corrected chi connectivity index (χ3v) is 6.53. The van der Waals surface area contributed by atoms with Crippen LogP contribution in [-0.2, 0) is 26.4 Å². The Labute approximate surface area is 183 Å². The average Bonchev–Trinajstić information content (AvgIpc) is 3.27. The number of rotatable bonds is 4. The Morgan fingerprint density at radius 2 is 1.97 bits per heavy atom. The Bertz CT molecular complexity index is 1000. The molecule has 0 aromatic heterocycles. The van der Waals surface area contributed by atoms with Gasteiger partial charge in [-0.25, -0.2) is 4.39 Å². The zero-order chi connectivity index (χ0) is 22.5. The van der Waals surface area contributed by atoms with Crippen molar-refractivity contribution in [3.63, 3.8) is 0 Å². The number of aryl methyl sites for hydroxylation is 1. The number of alkyl halides is 2. The fraction of sp³-hybridized carbons (Fsp3) is 0.435. The molecule has 1 N–H and O–H groups in total. The molecule has 2 aromatic rings. The molecule has 0 aliphatic carbocycles. The third kappa shape index (κ3) is 3.59. The molecule has 0 radical (unpaired) electrons. The van der Waals surface area contributed by atoms with Gasteiger partial charge in [-0.3, -0.25) is 19.2 Å². The number of ether oxygens (including phenoxy) is 2. The molecule has 3 unspecified atom stereocenters. The molecule has 0 bridgehead atoms. The Morgan fingerprint density at radius 1 is 1.19 bits per heavy atom. The minimum Gasteiger partial charge on any atom is -0.320 e. The molecule has 3 atom stereocenters. The number of halogens is 3. The van der Waals surface area contributed by atoms with E-state index in [0.29, 0.717) is 24.2 Å². The highest BCUT2D eigenvalue weighted by atomic mass is 19.3. The van der Waals surface area contributed by atoms with Crippen LogP contribution in [0.2, 0.25) is 0 Å². The van der Waals surface area contributed by atoms with Gasteiger partial charge in [0.2, 0.25) is 5.91 Å². The Balaban J connectivity index is 1.57. The maximum atomic E-state index is 14.4. The van der Waals surface area contributed by atoms with Gasteiger partial charge in [0.15, 0.2) is 0 Å². The molecule has 32 heavy (non-hydrogen) atoms. The van der Waals surface area contributed by atoms with Gasteiger partial charge in [0.1, 0.15) is 11.9 Å². The van der Waals surface area contributed by atoms with Gasteiger partial charge < -0.3 is 10.2 Å². The Kier molecular flexibility index (Phi) is 5.24. The average molecular weight is 447 g/mol. The van der Waals surface area contributed by atoms with E-state index in [1.807, 2.05) is 35.2 Å². The lowest BCUT2D eigenvalue weighted by molar-refractivity contribution is -0.352. The second kappa shape index (κ2) is 7.84. The molecule has 3 aliphatic heterocycles. The minimum absolute atomic E-state index is 0.0141. The SMILES string of the molecule is Cc1cc(F)cc(C2(C3COC(F)(F)O3)CNCC3N(Cc4ccccc4)C(=O)CN32)c1. The summed E-state index contributed by atoms with van der Waals surface area (Å²) in [4.78, 5) is 16.7. The molecule has 9 heteroatoms. The molecule has 1 amide bonds. The molecule has 3 heterocycles. The number of hydrogen-bond donors (Lipinski definition) is 1. The van der Waals surface area contributed by atoms with E-state index in [9.17, 15) is 18.0 Å². The summed E-state index contributed by atoms with van der Waals surface area (Å²) in [5.41, 5.74) is 0.885. The van der Waals surface area contributed by atoms with Gasteiger partial charge >= 0.3 is 6.29 Å². The summed E-state index contributed by atoms with van der Waals surface area (Å²) >= 11 is 0. The molecule has 3 aliphatic rings. The van der Waals surface area contributed by atoms with Crippen molar-refractivity contribution in [2.75, 3.05) is 26.2 Å². The van der Waals surface area contributed by atoms with Gasteiger partial charge in [-0.2, -0.15) is 0 Å². The quantitative estimate of drug-likeness (QED) is 0.781. The van der Waals surface area contributed by atoms with Crippen LogP contribution < -0.4 is 5.32 Å². The lowest BCUT2D eigenvalue weighted by Crippen LogP contribution is -2.68. The first-order chi connectivity index (χ1) is 15.3. The largest absolute Gasteiger partial charge is 0.486 e. The van der Waals surface area contributed by atoms with E-state index < -0.39 is 29.9 Å². The summed E-state index contributed by atoms with van der Waals surface area (Å²) in [6.45, 7) is 2.44. The lowest BCUT2D eigenvalue weighted by atomic mass is 9.80. The van der Waals surface area contributed by atoms with Crippen LogP contribution in [0, 0.1) is 12.7 Å². The first-order valence-corrected chi connectivity index (χ1v) is 10.6. The summed E-state index contributed by atoms with van der Waals surface area (Å²) in [5.74, 6) is -0.593. The van der Waals surface area contributed by atoms with Gasteiger partial charge in [-0.1, -0.05) is 36.4 Å². The number of nitrogens with zero attached hydrogens (tertiary/aromatic N) is 2. The second-order valence-corrected chi connectivity index (χ2v) is 8.57. The van der Waals surface area contributed by atoms with Gasteiger partial charge in [0, 0.05) is 19.6 Å². The van der Waals surface area contributed by atoms with Crippen LogP contribution in [0.25, 0.3) is 0 Å². The topological polar surface area (TPSA) is 54.0 Å². The van der Waals surface area contributed by atoms with Crippen LogP contribution in [0.4, 0.5) is 13.2 Å². The van der Waals surface area contributed by atoms with E-state index in [1.165, 1.54) is 12.1 Å². The molecule has 3 fully saturated rings. The fourth-order valence-electron chi connectivity index (χ4n) is 5.15. The molecule has 0 saturated carbocycles. The normalized spacial score (nSPS) is 30.0. The van der Waals surface area contributed by atoms with Crippen LogP contribution in [0.5, 0.6) is 0 Å². The van der Waals surface area contributed by atoms with E-state index in [1.54, 1.807) is 17.9 Å². The van der Waals surface area contributed by atoms with Crippen molar-refractivity contribution < 1.29 is 27.4 Å². The number of amides is 1. The molecule has 170 valence electrons. The maximum absolute atomic E-state index is 14.4. The molecular weight excluding hydrogens is 423 g/mol. The number of carbonyl (C=O) groups excluding carboxylic acids is 1. The van der Waals surface area contributed by atoms with Crippen molar-refractivity contribution in [3.05, 3.63) is 71.0 Å². The van der Waals surface area contributed by atoms with Gasteiger partial charge in [-0.05, 0) is 35.7 Å². The van der Waals surface area contributed by atoms with Crippen molar-refractivity contribution >= 4 is 5.91 Å². The van der Waals surface area contributed by atoms with Crippen molar-refractivity contribution in [1.82, 2.24) is 15.1 Å². The van der Waals surface area contributed by atoms with Crippen LogP contribution in [-0.4, -0.2) is 60.5 Å².